The number of rotatable bonds is 4. The molecule has 0 spiro atoms. The van der Waals surface area contributed by atoms with Gasteiger partial charge in [-0.1, -0.05) is 24.3 Å². The zero-order valence-corrected chi connectivity index (χ0v) is 14.1. The molecule has 0 saturated heterocycles. The third-order valence-corrected chi connectivity index (χ3v) is 3.62. The van der Waals surface area contributed by atoms with Gasteiger partial charge in [0.2, 0.25) is 0 Å². The number of hydrogen-bond acceptors (Lipinski definition) is 5. The molecule has 0 aliphatic rings. The summed E-state index contributed by atoms with van der Waals surface area (Å²) >= 11 is 0. The maximum absolute atomic E-state index is 12.2. The van der Waals surface area contributed by atoms with Gasteiger partial charge in [-0.25, -0.2) is 4.79 Å². The van der Waals surface area contributed by atoms with Crippen LogP contribution in [0.4, 0.5) is 5.69 Å². The van der Waals surface area contributed by atoms with Crippen LogP contribution < -0.4 is 10.5 Å². The van der Waals surface area contributed by atoms with E-state index in [0.717, 1.165) is 18.4 Å². The van der Waals surface area contributed by atoms with Crippen LogP contribution in [0.5, 0.6) is 5.75 Å². The molecule has 0 atom stereocenters. The minimum absolute atomic E-state index is 0.357. The molecule has 6 nitrogen and oxygen atoms in total. The number of anilines is 1. The Morgan fingerprint density at radius 1 is 1.25 bits per heavy atom. The molecule has 0 aliphatic heterocycles. The molecule has 2 N–H and O–H groups in total. The van der Waals surface area contributed by atoms with Crippen molar-refractivity contribution in [2.24, 2.45) is 0 Å². The zero-order chi connectivity index (χ0) is 17.9. The van der Waals surface area contributed by atoms with Gasteiger partial charge in [0.25, 0.3) is 5.56 Å². The van der Waals surface area contributed by atoms with E-state index in [1.165, 1.54) is 0 Å². The molecule has 126 valence electrons. The average Bonchev–Trinajstić information content (AvgIpc) is 2.57. The molecule has 0 aliphatic carbocycles. The van der Waals surface area contributed by atoms with Gasteiger partial charge in [-0.05, 0) is 24.6 Å². The molecule has 0 radical (unpaired) electrons. The summed E-state index contributed by atoms with van der Waals surface area (Å²) in [6.45, 7) is 1.78. The van der Waals surface area contributed by atoms with Gasteiger partial charge in [0.1, 0.15) is 5.75 Å². The first-order chi connectivity index (χ1) is 11.4. The first kappa shape index (κ1) is 17.3. The normalized spacial score (nSPS) is 10.8. The van der Waals surface area contributed by atoms with Gasteiger partial charge in [0.05, 0.1) is 12.8 Å². The smallest absolute Gasteiger partial charge is 0.347 e. The van der Waals surface area contributed by atoms with Crippen molar-refractivity contribution in [3.8, 4) is 17.0 Å². The van der Waals surface area contributed by atoms with E-state index >= 15 is 0 Å². The van der Waals surface area contributed by atoms with E-state index in [4.69, 9.17) is 0 Å². The molecule has 1 aromatic carbocycles. The van der Waals surface area contributed by atoms with Crippen LogP contribution in [0.1, 0.15) is 22.8 Å². The highest BCUT2D eigenvalue weighted by Crippen LogP contribution is 2.31. The van der Waals surface area contributed by atoms with Crippen molar-refractivity contribution in [1.82, 2.24) is 4.98 Å². The van der Waals surface area contributed by atoms with E-state index < -0.39 is 22.8 Å². The fourth-order valence-electron chi connectivity index (χ4n) is 2.38. The molecule has 24 heavy (non-hydrogen) atoms. The Hall–Kier alpha value is -3.02. The van der Waals surface area contributed by atoms with E-state index in [9.17, 15) is 14.7 Å². The van der Waals surface area contributed by atoms with Gasteiger partial charge in [-0.15, -0.1) is 0 Å². The lowest BCUT2D eigenvalue weighted by atomic mass is 10.0. The number of carbonyl (C=O) groups excluding carboxylic acids is 1. The third-order valence-electron chi connectivity index (χ3n) is 3.62. The van der Waals surface area contributed by atoms with Crippen LogP contribution in [-0.2, 0) is 4.74 Å². The predicted octanol–water partition coefficient (Wildman–Crippen LogP) is 2.63. The number of hydrogen-bond donors (Lipinski definition) is 2. The third kappa shape index (κ3) is 3.17. The first-order valence-electron chi connectivity index (χ1n) is 7.38. The summed E-state index contributed by atoms with van der Waals surface area (Å²) in [6, 6.07) is 7.48. The fraction of sp³-hybridized carbons (Fsp3) is 0.222. The first-order valence-corrected chi connectivity index (χ1v) is 7.38. The average molecular weight is 328 g/mol. The van der Waals surface area contributed by atoms with E-state index in [1.54, 1.807) is 19.1 Å². The molecule has 0 bridgehead atoms. The van der Waals surface area contributed by atoms with Crippen LogP contribution in [-0.4, -0.2) is 37.3 Å². The van der Waals surface area contributed by atoms with Crippen molar-refractivity contribution in [1.29, 1.82) is 0 Å². The van der Waals surface area contributed by atoms with Crippen molar-refractivity contribution in [2.75, 3.05) is 26.1 Å². The summed E-state index contributed by atoms with van der Waals surface area (Å²) < 4.78 is 4.57. The number of carbonyl (C=O) groups is 1. The molecule has 1 aromatic heterocycles. The number of aromatic nitrogens is 1. The Kier molecular flexibility index (Phi) is 5.08. The number of H-pyrrole nitrogens is 1. The second-order valence-corrected chi connectivity index (χ2v) is 5.40. The van der Waals surface area contributed by atoms with Crippen LogP contribution in [0, 0.1) is 0 Å². The predicted molar refractivity (Wildman–Crippen MR) is 94.5 cm³/mol. The van der Waals surface area contributed by atoms with E-state index in [1.807, 2.05) is 43.3 Å². The van der Waals surface area contributed by atoms with Crippen molar-refractivity contribution in [3.63, 3.8) is 0 Å². The highest BCUT2D eigenvalue weighted by atomic mass is 16.5. The van der Waals surface area contributed by atoms with Crippen LogP contribution >= 0.6 is 0 Å². The van der Waals surface area contributed by atoms with Gasteiger partial charge >= 0.3 is 5.97 Å². The SMILES string of the molecule is C/C=C/c1c(-c2ccc(N(C)C)cc2)[nH]c(=O)c(C(=O)OC)c1O. The number of benzene rings is 1. The quantitative estimate of drug-likeness (QED) is 0.843. The second kappa shape index (κ2) is 7.04. The number of pyridine rings is 1. The van der Waals surface area contributed by atoms with Gasteiger partial charge in [-0.2, -0.15) is 0 Å². The Morgan fingerprint density at radius 2 is 1.88 bits per heavy atom. The standard InChI is InChI=1S/C18H20N2O4/c1-5-6-13-15(11-7-9-12(10-8-11)20(2)3)19-17(22)14(16(13)21)18(23)24-4/h5-10H,1-4H3,(H2,19,21,22)/b6-5+. The molecular formula is C18H20N2O4. The molecule has 1 heterocycles. The van der Waals surface area contributed by atoms with Crippen molar-refractivity contribution in [3.05, 3.63) is 51.8 Å². The van der Waals surface area contributed by atoms with Crippen molar-refractivity contribution < 1.29 is 14.6 Å². The largest absolute Gasteiger partial charge is 0.506 e. The van der Waals surface area contributed by atoms with Crippen LogP contribution in [0.2, 0.25) is 0 Å². The summed E-state index contributed by atoms with van der Waals surface area (Å²) in [5.41, 5.74) is 1.42. The minimum Gasteiger partial charge on any atom is -0.506 e. The molecule has 0 amide bonds. The van der Waals surface area contributed by atoms with Crippen molar-refractivity contribution in [2.45, 2.75) is 6.92 Å². The van der Waals surface area contributed by atoms with Gasteiger partial charge in [0.15, 0.2) is 5.56 Å². The number of nitrogens with one attached hydrogen (secondary N) is 1. The number of allylic oxidation sites excluding steroid dienone is 1. The van der Waals surface area contributed by atoms with Gasteiger partial charge in [-0.3, -0.25) is 4.79 Å². The lowest BCUT2D eigenvalue weighted by molar-refractivity contribution is 0.0595. The Labute approximate surface area is 140 Å². The molecule has 6 heteroatoms. The molecule has 0 saturated carbocycles. The number of ether oxygens (including phenoxy) is 1. The number of aromatic amines is 1. The summed E-state index contributed by atoms with van der Waals surface area (Å²) in [5, 5.41) is 10.4. The molecule has 2 aromatic rings. The Bertz CT molecular complexity index is 833. The summed E-state index contributed by atoms with van der Waals surface area (Å²) in [4.78, 5) is 28.6. The highest BCUT2D eigenvalue weighted by Gasteiger charge is 2.22. The Morgan fingerprint density at radius 3 is 2.38 bits per heavy atom. The second-order valence-electron chi connectivity index (χ2n) is 5.40. The number of methoxy groups -OCH3 is 1. The monoisotopic (exact) mass is 328 g/mol. The number of nitrogens with zero attached hydrogens (tertiary/aromatic N) is 1. The molecule has 0 fully saturated rings. The van der Waals surface area contributed by atoms with Crippen LogP contribution in [0.3, 0.4) is 0 Å². The topological polar surface area (TPSA) is 82.6 Å². The van der Waals surface area contributed by atoms with Gasteiger partial charge < -0.3 is 19.7 Å². The zero-order valence-electron chi connectivity index (χ0n) is 14.1. The highest BCUT2D eigenvalue weighted by molar-refractivity contribution is 5.95. The summed E-state index contributed by atoms with van der Waals surface area (Å²) in [5.74, 6) is -1.27. The maximum Gasteiger partial charge on any atom is 0.347 e. The summed E-state index contributed by atoms with van der Waals surface area (Å²) in [7, 11) is 5.02. The summed E-state index contributed by atoms with van der Waals surface area (Å²) in [6.07, 6.45) is 3.35. The van der Waals surface area contributed by atoms with Crippen LogP contribution in [0.15, 0.2) is 35.1 Å². The van der Waals surface area contributed by atoms with E-state index in [2.05, 4.69) is 9.72 Å². The molecular weight excluding hydrogens is 308 g/mol. The lowest BCUT2D eigenvalue weighted by Gasteiger charge is -2.14. The van der Waals surface area contributed by atoms with Gasteiger partial charge in [0, 0.05) is 25.3 Å². The number of esters is 1. The Balaban J connectivity index is 2.70. The number of aromatic hydroxyl groups is 1. The van der Waals surface area contributed by atoms with Crippen molar-refractivity contribution >= 4 is 17.7 Å². The van der Waals surface area contributed by atoms with Crippen LogP contribution in [0.25, 0.3) is 17.3 Å². The maximum atomic E-state index is 12.2. The van der Waals surface area contributed by atoms with E-state index in [-0.39, 0.29) is 0 Å². The molecule has 2 rings (SSSR count). The lowest BCUT2D eigenvalue weighted by Crippen LogP contribution is -2.20. The van der Waals surface area contributed by atoms with E-state index in [0.29, 0.717) is 11.3 Å². The molecule has 0 unspecified atom stereocenters. The minimum atomic E-state index is -0.881. The fourth-order valence-corrected chi connectivity index (χ4v) is 2.38.